The number of carbonyl (C=O) groups excluding carboxylic acids is 2. The van der Waals surface area contributed by atoms with Gasteiger partial charge in [-0.05, 0) is 31.9 Å². The molecule has 2 aliphatic heterocycles. The number of benzene rings is 1. The van der Waals surface area contributed by atoms with Crippen molar-refractivity contribution < 1.29 is 32.3 Å². The number of piperazine rings is 1. The van der Waals surface area contributed by atoms with Gasteiger partial charge in [0, 0.05) is 62.4 Å². The zero-order chi connectivity index (χ0) is 29.0. The molecule has 2 saturated heterocycles. The first-order chi connectivity index (χ1) is 19.7. The minimum Gasteiger partial charge on any atom is -0.389 e. The number of nitrogens with zero attached hydrogens (tertiary/aromatic N) is 4. The molecule has 0 bridgehead atoms. The smallest absolute Gasteiger partial charge is 0.280 e. The lowest BCUT2D eigenvalue weighted by atomic mass is 10.1. The second-order valence-corrected chi connectivity index (χ2v) is 13.8. The quantitative estimate of drug-likeness (QED) is 0.301. The number of rotatable bonds is 11. The van der Waals surface area contributed by atoms with E-state index in [2.05, 4.69) is 20.4 Å². The van der Waals surface area contributed by atoms with Crippen LogP contribution < -0.4 is 5.32 Å². The third kappa shape index (κ3) is 7.30. The molecule has 1 aromatic heterocycles. The number of amides is 2. The zero-order valence-corrected chi connectivity index (χ0v) is 24.8. The van der Waals surface area contributed by atoms with Crippen LogP contribution in [-0.2, 0) is 40.3 Å². The van der Waals surface area contributed by atoms with Crippen LogP contribution in [0.2, 0.25) is 0 Å². The van der Waals surface area contributed by atoms with Crippen molar-refractivity contribution in [3.63, 3.8) is 0 Å². The molecule has 1 saturated carbocycles. The molecule has 5 rings (SSSR count). The molecule has 3 fully saturated rings. The Bertz CT molecular complexity index is 1370. The van der Waals surface area contributed by atoms with E-state index >= 15 is 0 Å². The molecule has 14 heteroatoms. The number of methoxy groups -OCH3 is 1. The summed E-state index contributed by atoms with van der Waals surface area (Å²) in [5.41, 5.74) is 0.456. The molecule has 1 aliphatic carbocycles. The summed E-state index contributed by atoms with van der Waals surface area (Å²) in [6, 6.07) is 6.24. The van der Waals surface area contributed by atoms with E-state index in [0.717, 1.165) is 18.0 Å². The Hall–Kier alpha value is -2.91. The molecule has 3 heterocycles. The summed E-state index contributed by atoms with van der Waals surface area (Å²) in [5, 5.41) is 7.07. The predicted molar refractivity (Wildman–Crippen MR) is 153 cm³/mol. The van der Waals surface area contributed by atoms with Gasteiger partial charge in [0.05, 0.1) is 23.4 Å². The van der Waals surface area contributed by atoms with Gasteiger partial charge in [-0.25, -0.2) is 13.4 Å². The lowest BCUT2D eigenvalue weighted by molar-refractivity contribution is -0.139. The highest BCUT2D eigenvalue weighted by atomic mass is 32.2. The average Bonchev–Trinajstić information content (AvgIpc) is 3.53. The fourth-order valence-electron chi connectivity index (χ4n) is 4.89. The van der Waals surface area contributed by atoms with E-state index in [1.165, 1.54) is 30.6 Å². The number of carbonyl (C=O) groups is 2. The number of ether oxygens (including phenoxy) is 2. The largest absolute Gasteiger partial charge is 0.389 e. The fourth-order valence-corrected chi connectivity index (χ4v) is 7.40. The van der Waals surface area contributed by atoms with Gasteiger partial charge in [0.25, 0.3) is 5.91 Å². The number of hydrogen-bond acceptors (Lipinski definition) is 11. The maximum absolute atomic E-state index is 13.4. The van der Waals surface area contributed by atoms with E-state index in [1.54, 1.807) is 18.3 Å². The van der Waals surface area contributed by atoms with E-state index in [9.17, 15) is 18.0 Å². The number of anilines is 1. The molecule has 1 aromatic carbocycles. The van der Waals surface area contributed by atoms with E-state index in [0.29, 0.717) is 56.3 Å². The van der Waals surface area contributed by atoms with Gasteiger partial charge in [0.2, 0.25) is 5.91 Å². The van der Waals surface area contributed by atoms with Crippen LogP contribution in [0, 0.1) is 0 Å². The van der Waals surface area contributed by atoms with Gasteiger partial charge >= 0.3 is 0 Å². The van der Waals surface area contributed by atoms with Gasteiger partial charge in [0.15, 0.2) is 26.8 Å². The molecule has 1 unspecified atom stereocenters. The molecule has 2 aromatic rings. The summed E-state index contributed by atoms with van der Waals surface area (Å²) < 4.78 is 35.5. The molecule has 2 atom stereocenters. The van der Waals surface area contributed by atoms with Crippen LogP contribution in [0.1, 0.15) is 36.6 Å². The normalized spacial score (nSPS) is 22.1. The van der Waals surface area contributed by atoms with Crippen molar-refractivity contribution >= 4 is 43.8 Å². The maximum Gasteiger partial charge on any atom is 0.280 e. The number of nitrogens with one attached hydrogen (secondary N) is 1. The van der Waals surface area contributed by atoms with Crippen molar-refractivity contribution in [2.24, 2.45) is 5.16 Å². The van der Waals surface area contributed by atoms with Crippen LogP contribution in [0.4, 0.5) is 5.13 Å². The third-order valence-electron chi connectivity index (χ3n) is 7.27. The molecule has 41 heavy (non-hydrogen) atoms. The molecule has 2 amide bonds. The Labute approximate surface area is 243 Å². The van der Waals surface area contributed by atoms with Crippen LogP contribution >= 0.6 is 11.3 Å². The first-order valence-corrected chi connectivity index (χ1v) is 16.0. The molecule has 222 valence electrons. The summed E-state index contributed by atoms with van der Waals surface area (Å²) in [7, 11) is -1.83. The first-order valence-electron chi connectivity index (χ1n) is 13.7. The van der Waals surface area contributed by atoms with Gasteiger partial charge in [0.1, 0.15) is 6.61 Å². The first kappa shape index (κ1) is 29.6. The Balaban J connectivity index is 1.24. The van der Waals surface area contributed by atoms with Crippen molar-refractivity contribution in [1.82, 2.24) is 14.8 Å². The van der Waals surface area contributed by atoms with E-state index in [-0.39, 0.29) is 40.5 Å². The van der Waals surface area contributed by atoms with Gasteiger partial charge in [-0.3, -0.25) is 19.8 Å². The van der Waals surface area contributed by atoms with Crippen molar-refractivity contribution in [3.8, 4) is 0 Å². The molecule has 3 aliphatic rings. The van der Waals surface area contributed by atoms with Gasteiger partial charge in [-0.2, -0.15) is 0 Å². The third-order valence-corrected chi connectivity index (χ3v) is 10.4. The maximum atomic E-state index is 13.4. The lowest BCUT2D eigenvalue weighted by Crippen LogP contribution is -2.54. The van der Waals surface area contributed by atoms with Gasteiger partial charge < -0.3 is 19.2 Å². The van der Waals surface area contributed by atoms with Crippen molar-refractivity contribution in [2.45, 2.75) is 55.0 Å². The fraction of sp³-hybridized carbons (Fsp3) is 0.556. The van der Waals surface area contributed by atoms with Crippen LogP contribution in [0.5, 0.6) is 0 Å². The summed E-state index contributed by atoms with van der Waals surface area (Å²) in [5.74, 6) is -0.523. The van der Waals surface area contributed by atoms with Crippen LogP contribution in [-0.4, -0.2) is 105 Å². The minimum atomic E-state index is -3.35. The second kappa shape index (κ2) is 12.9. The van der Waals surface area contributed by atoms with E-state index in [1.807, 2.05) is 11.8 Å². The van der Waals surface area contributed by atoms with E-state index in [4.69, 9.17) is 14.3 Å². The van der Waals surface area contributed by atoms with Crippen molar-refractivity contribution in [3.05, 3.63) is 40.9 Å². The number of thiazole rings is 1. The highest BCUT2D eigenvalue weighted by Crippen LogP contribution is 2.33. The number of sulfone groups is 1. The number of hydrogen-bond donors (Lipinski definition) is 1. The minimum absolute atomic E-state index is 0.0106. The zero-order valence-electron chi connectivity index (χ0n) is 23.2. The Morgan fingerprint density at radius 1 is 1.20 bits per heavy atom. The summed E-state index contributed by atoms with van der Waals surface area (Å²) in [6.07, 6.45) is 3.49. The second-order valence-electron chi connectivity index (χ2n) is 10.5. The molecule has 0 radical (unpaired) electrons. The summed E-state index contributed by atoms with van der Waals surface area (Å²) in [4.78, 5) is 40.9. The van der Waals surface area contributed by atoms with Crippen molar-refractivity contribution in [2.75, 3.05) is 51.9 Å². The highest BCUT2D eigenvalue weighted by Gasteiger charge is 2.37. The standard InChI is InChI=1S/C27H35N5O7S2/c1-18-14-31(10-11-32(18)24(33)17-37-2)15-21-13-28-27(40-21)29-26(34)25(30-39-20-9-12-38-16-20)19-3-5-22(6-4-19)41(35,36)23-7-8-23/h3-6,13,18,20,23H,7-12,14-17H2,1-2H3,(H,28,29,34)/b30-25+/t18-,20?/m0/s1. The monoisotopic (exact) mass is 605 g/mol. The number of aromatic nitrogens is 1. The van der Waals surface area contributed by atoms with Gasteiger partial charge in [-0.15, -0.1) is 11.3 Å². The van der Waals surface area contributed by atoms with E-state index < -0.39 is 15.7 Å². The molecule has 12 nitrogen and oxygen atoms in total. The Kier molecular flexibility index (Phi) is 9.34. The lowest BCUT2D eigenvalue weighted by Gasteiger charge is -2.39. The highest BCUT2D eigenvalue weighted by molar-refractivity contribution is 7.92. The Morgan fingerprint density at radius 2 is 1.98 bits per heavy atom. The van der Waals surface area contributed by atoms with Crippen molar-refractivity contribution in [1.29, 1.82) is 0 Å². The Morgan fingerprint density at radius 3 is 2.63 bits per heavy atom. The molecular weight excluding hydrogens is 570 g/mol. The SMILES string of the molecule is COCC(=O)N1CCN(Cc2cnc(NC(=O)/C(=N/OC3CCOC3)c3ccc(S(=O)(=O)C4CC4)cc3)s2)C[C@@H]1C. The summed E-state index contributed by atoms with van der Waals surface area (Å²) in [6.45, 7) is 5.77. The molecule has 0 spiro atoms. The van der Waals surface area contributed by atoms with Gasteiger partial charge in [-0.1, -0.05) is 17.3 Å². The molecule has 1 N–H and O–H groups in total. The average molecular weight is 606 g/mol. The summed E-state index contributed by atoms with van der Waals surface area (Å²) >= 11 is 1.36. The van der Waals surface area contributed by atoms with Crippen LogP contribution in [0.3, 0.4) is 0 Å². The molecular formula is C27H35N5O7S2. The predicted octanol–water partition coefficient (Wildman–Crippen LogP) is 1.91. The topological polar surface area (TPSA) is 140 Å². The number of oxime groups is 1. The van der Waals surface area contributed by atoms with Crippen LogP contribution in [0.25, 0.3) is 0 Å². The van der Waals surface area contributed by atoms with Crippen LogP contribution in [0.15, 0.2) is 40.5 Å².